The highest BCUT2D eigenvalue weighted by molar-refractivity contribution is 7.54. The van der Waals surface area contributed by atoms with Crippen LogP contribution in [0, 0.1) is 0 Å². The molecule has 2 N–H and O–H groups in total. The van der Waals surface area contributed by atoms with Crippen LogP contribution in [0.2, 0.25) is 0 Å². The molecule has 0 saturated carbocycles. The van der Waals surface area contributed by atoms with Gasteiger partial charge < -0.3 is 29.3 Å². The molecule has 2 amide bonds. The van der Waals surface area contributed by atoms with Crippen molar-refractivity contribution in [1.82, 2.24) is 10.2 Å². The highest BCUT2D eigenvalue weighted by Crippen LogP contribution is 2.54. The zero-order chi connectivity index (χ0) is 30.5. The number of aliphatic carboxylic acids is 1. The smallest absolute Gasteiger partial charge is 0.407 e. The van der Waals surface area contributed by atoms with Gasteiger partial charge in [0.25, 0.3) is 5.91 Å². The van der Waals surface area contributed by atoms with E-state index in [1.807, 2.05) is 30.3 Å². The Bertz CT molecular complexity index is 1240. The molecule has 228 valence electrons. The number of hydrogen-bond donors (Lipinski definition) is 2. The van der Waals surface area contributed by atoms with Gasteiger partial charge in [-0.2, -0.15) is 0 Å². The minimum absolute atomic E-state index is 0.0507. The van der Waals surface area contributed by atoms with Crippen molar-refractivity contribution >= 4 is 31.5 Å². The summed E-state index contributed by atoms with van der Waals surface area (Å²) in [4.78, 5) is 51.0. The van der Waals surface area contributed by atoms with Crippen LogP contribution in [0.15, 0.2) is 60.7 Å². The van der Waals surface area contributed by atoms with E-state index >= 15 is 0 Å². The van der Waals surface area contributed by atoms with Crippen molar-refractivity contribution in [3.8, 4) is 0 Å². The second-order valence-corrected chi connectivity index (χ2v) is 12.1. The zero-order valence-electron chi connectivity index (χ0n) is 23.7. The number of ether oxygens (including phenoxy) is 2. The highest BCUT2D eigenvalue weighted by atomic mass is 31.2. The molecule has 0 radical (unpaired) electrons. The maximum absolute atomic E-state index is 13.7. The Morgan fingerprint density at radius 3 is 2.36 bits per heavy atom. The fourth-order valence-electron chi connectivity index (χ4n) is 4.43. The fraction of sp³-hybridized carbons (Fsp3) is 0.448. The molecule has 0 aromatic heterocycles. The number of rotatable bonds is 15. The van der Waals surface area contributed by atoms with Crippen LogP contribution in [-0.4, -0.2) is 72.1 Å². The molecule has 2 aromatic rings. The molecular formula is C29H37N2O10P. The monoisotopic (exact) mass is 604 g/mol. The van der Waals surface area contributed by atoms with E-state index in [1.165, 1.54) is 24.0 Å². The van der Waals surface area contributed by atoms with Gasteiger partial charge in [-0.15, -0.1) is 0 Å². The average molecular weight is 605 g/mol. The number of esters is 1. The SMILES string of the molecule is COP(=O)(OC(CCCCNC(=O)OCc1ccccc1)C(=O)N1CCC[C@H]1C(=O)O)[C@@H](C)OC(=O)c1ccccc1. The van der Waals surface area contributed by atoms with Gasteiger partial charge in [-0.25, -0.2) is 14.4 Å². The van der Waals surface area contributed by atoms with Gasteiger partial charge in [0.2, 0.25) is 0 Å². The number of carbonyl (C=O) groups is 4. The van der Waals surface area contributed by atoms with Crippen molar-refractivity contribution in [2.45, 2.75) is 63.6 Å². The van der Waals surface area contributed by atoms with Gasteiger partial charge in [0, 0.05) is 20.2 Å². The van der Waals surface area contributed by atoms with Crippen molar-refractivity contribution in [3.63, 3.8) is 0 Å². The summed E-state index contributed by atoms with van der Waals surface area (Å²) in [5, 5.41) is 12.2. The van der Waals surface area contributed by atoms with E-state index in [1.54, 1.807) is 18.2 Å². The molecule has 1 heterocycles. The van der Waals surface area contributed by atoms with Crippen LogP contribution in [0.3, 0.4) is 0 Å². The Morgan fingerprint density at radius 1 is 1.05 bits per heavy atom. The first-order valence-electron chi connectivity index (χ1n) is 13.7. The van der Waals surface area contributed by atoms with Crippen LogP contribution in [-0.2, 0) is 39.3 Å². The number of likely N-dealkylation sites (tertiary alicyclic amines) is 1. The van der Waals surface area contributed by atoms with E-state index in [0.29, 0.717) is 19.3 Å². The third-order valence-electron chi connectivity index (χ3n) is 6.73. The fourth-order valence-corrected chi connectivity index (χ4v) is 5.76. The average Bonchev–Trinajstić information content (AvgIpc) is 3.50. The summed E-state index contributed by atoms with van der Waals surface area (Å²) in [5.74, 6) is -3.89. The molecule has 3 rings (SSSR count). The van der Waals surface area contributed by atoms with E-state index in [-0.39, 0.29) is 38.1 Å². The van der Waals surface area contributed by atoms with Crippen LogP contribution in [0.25, 0.3) is 0 Å². The van der Waals surface area contributed by atoms with Crippen molar-refractivity contribution in [2.24, 2.45) is 0 Å². The van der Waals surface area contributed by atoms with Gasteiger partial charge in [0.15, 0.2) is 5.85 Å². The number of unbranched alkanes of at least 4 members (excludes halogenated alkanes) is 1. The predicted molar refractivity (Wildman–Crippen MR) is 152 cm³/mol. The maximum atomic E-state index is 13.7. The number of alkyl carbamates (subject to hydrolysis) is 1. The highest BCUT2D eigenvalue weighted by Gasteiger charge is 2.43. The molecule has 2 aromatic carbocycles. The number of carboxylic acids is 1. The van der Waals surface area contributed by atoms with E-state index in [0.717, 1.165) is 12.7 Å². The molecule has 0 aliphatic carbocycles. The molecule has 1 aliphatic heterocycles. The first-order valence-corrected chi connectivity index (χ1v) is 15.3. The first-order chi connectivity index (χ1) is 20.1. The minimum Gasteiger partial charge on any atom is -0.480 e. The summed E-state index contributed by atoms with van der Waals surface area (Å²) in [5.41, 5.74) is 1.08. The van der Waals surface area contributed by atoms with Crippen molar-refractivity contribution in [3.05, 3.63) is 71.8 Å². The summed E-state index contributed by atoms with van der Waals surface area (Å²) in [6, 6.07) is 16.3. The van der Waals surface area contributed by atoms with Gasteiger partial charge in [-0.05, 0) is 56.7 Å². The second-order valence-electron chi connectivity index (χ2n) is 9.70. The molecule has 13 heteroatoms. The van der Waals surface area contributed by atoms with Gasteiger partial charge in [0.05, 0.1) is 5.56 Å². The third-order valence-corrected chi connectivity index (χ3v) is 8.79. The lowest BCUT2D eigenvalue weighted by Crippen LogP contribution is -2.46. The van der Waals surface area contributed by atoms with Gasteiger partial charge in [0.1, 0.15) is 18.8 Å². The topological polar surface area (TPSA) is 158 Å². The van der Waals surface area contributed by atoms with Crippen molar-refractivity contribution in [2.75, 3.05) is 20.2 Å². The molecule has 1 aliphatic rings. The second kappa shape index (κ2) is 16.1. The molecule has 4 atom stereocenters. The number of benzene rings is 2. The number of carbonyl (C=O) groups excluding carboxylic acids is 3. The largest absolute Gasteiger partial charge is 0.480 e. The molecule has 1 fully saturated rings. The summed E-state index contributed by atoms with van der Waals surface area (Å²) in [6.07, 6.45) is -0.322. The molecule has 0 spiro atoms. The molecule has 42 heavy (non-hydrogen) atoms. The number of carboxylic acid groups (broad SMARTS) is 1. The number of nitrogens with zero attached hydrogens (tertiary/aromatic N) is 1. The molecule has 2 unspecified atom stereocenters. The maximum Gasteiger partial charge on any atom is 0.407 e. The summed E-state index contributed by atoms with van der Waals surface area (Å²) < 4.78 is 35.1. The van der Waals surface area contributed by atoms with Crippen LogP contribution in [0.4, 0.5) is 4.79 Å². The van der Waals surface area contributed by atoms with E-state index in [2.05, 4.69) is 5.32 Å². The molecular weight excluding hydrogens is 567 g/mol. The summed E-state index contributed by atoms with van der Waals surface area (Å²) in [7, 11) is -3.08. The van der Waals surface area contributed by atoms with Gasteiger partial charge in [-0.3, -0.25) is 13.9 Å². The Labute approximate surface area is 244 Å². The van der Waals surface area contributed by atoms with E-state index in [4.69, 9.17) is 18.5 Å². The lowest BCUT2D eigenvalue weighted by atomic mass is 10.1. The van der Waals surface area contributed by atoms with Crippen LogP contribution >= 0.6 is 7.60 Å². The van der Waals surface area contributed by atoms with Crippen LogP contribution < -0.4 is 5.32 Å². The molecule has 1 saturated heterocycles. The normalized spacial score (nSPS) is 17.5. The van der Waals surface area contributed by atoms with Crippen LogP contribution in [0.5, 0.6) is 0 Å². The number of hydrogen-bond acceptors (Lipinski definition) is 9. The Balaban J connectivity index is 1.61. The standard InChI is InChI=1S/C29H37N2O10P/c1-21(40-28(35)23-14-7-4-8-15-23)42(37,38-2)41-25(26(32)31-19-11-16-24(31)27(33)34)17-9-10-18-30-29(36)39-20-22-12-5-3-6-13-22/h3-8,12-15,21,24-25H,9-11,16-20H2,1-2H3,(H,30,36)(H,33,34)/t21-,24-,25?,42?/m0/s1. The first kappa shape index (κ1) is 32.8. The van der Waals surface area contributed by atoms with Crippen molar-refractivity contribution in [1.29, 1.82) is 0 Å². The molecule has 12 nitrogen and oxygen atoms in total. The Morgan fingerprint density at radius 2 is 1.71 bits per heavy atom. The Kier molecular flexibility index (Phi) is 12.5. The summed E-state index contributed by atoms with van der Waals surface area (Å²) >= 11 is 0. The molecule has 0 bridgehead atoms. The Hall–Kier alpha value is -3.73. The van der Waals surface area contributed by atoms with Crippen molar-refractivity contribution < 1.29 is 47.4 Å². The van der Waals surface area contributed by atoms with Gasteiger partial charge >= 0.3 is 25.6 Å². The van der Waals surface area contributed by atoms with E-state index in [9.17, 15) is 28.8 Å². The third kappa shape index (κ3) is 9.40. The van der Waals surface area contributed by atoms with E-state index < -0.39 is 49.5 Å². The summed E-state index contributed by atoms with van der Waals surface area (Å²) in [6.45, 7) is 1.91. The number of amides is 2. The number of nitrogens with one attached hydrogen (secondary N) is 1. The lowest BCUT2D eigenvalue weighted by molar-refractivity contribution is -0.151. The van der Waals surface area contributed by atoms with Crippen LogP contribution in [0.1, 0.15) is 54.9 Å². The zero-order valence-corrected chi connectivity index (χ0v) is 24.6. The quantitative estimate of drug-likeness (QED) is 0.167. The minimum atomic E-state index is -4.20. The lowest BCUT2D eigenvalue weighted by Gasteiger charge is -2.30. The van der Waals surface area contributed by atoms with Gasteiger partial charge in [-0.1, -0.05) is 48.5 Å². The predicted octanol–water partition coefficient (Wildman–Crippen LogP) is 4.59.